The number of methoxy groups -OCH3 is 1. The molecule has 8 atom stereocenters. The van der Waals surface area contributed by atoms with Crippen LogP contribution in [0.3, 0.4) is 0 Å². The lowest BCUT2D eigenvalue weighted by Gasteiger charge is -2.62. The zero-order valence-electron chi connectivity index (χ0n) is 31.0. The SMILES string of the molecule is COc1c(CN2O[C@@H](CO)[C@@H]([C@H](C)O)[C@H]2C(=O)NC2C[C@H]3C[C@@H]([C@@H]2C)C3(C)C)cccc1-c1cc(C(=O)NCCc2ccc[nH]2)cc(N(C)C)c1. The summed E-state index contributed by atoms with van der Waals surface area (Å²) in [6.45, 7) is 8.88. The molecule has 11 heteroatoms. The van der Waals surface area contributed by atoms with Crippen LogP contribution >= 0.6 is 0 Å². The molecule has 1 aliphatic heterocycles. The number of aliphatic hydroxyl groups is 2. The van der Waals surface area contributed by atoms with E-state index in [0.29, 0.717) is 42.0 Å². The van der Waals surface area contributed by atoms with Gasteiger partial charge in [0.25, 0.3) is 5.91 Å². The number of anilines is 1. The Morgan fingerprint density at radius 3 is 2.57 bits per heavy atom. The highest BCUT2D eigenvalue weighted by Gasteiger charge is 2.57. The Labute approximate surface area is 301 Å². The molecule has 5 N–H and O–H groups in total. The number of hydrogen-bond donors (Lipinski definition) is 5. The number of carbonyl (C=O) groups is 2. The minimum atomic E-state index is -0.895. The van der Waals surface area contributed by atoms with Crippen molar-refractivity contribution < 1.29 is 29.4 Å². The van der Waals surface area contributed by atoms with E-state index < -0.39 is 24.2 Å². The van der Waals surface area contributed by atoms with Crippen molar-refractivity contribution in [1.82, 2.24) is 20.7 Å². The summed E-state index contributed by atoms with van der Waals surface area (Å²) in [7, 11) is 5.47. The van der Waals surface area contributed by atoms with Crippen molar-refractivity contribution in [3.8, 4) is 16.9 Å². The Balaban J connectivity index is 1.26. The molecule has 51 heavy (non-hydrogen) atoms. The lowest BCUT2D eigenvalue weighted by molar-refractivity contribution is -0.183. The topological polar surface area (TPSA) is 139 Å². The van der Waals surface area contributed by atoms with Crippen molar-refractivity contribution in [2.45, 2.75) is 77.8 Å². The predicted octanol–water partition coefficient (Wildman–Crippen LogP) is 4.39. The normalized spacial score (nSPS) is 27.4. The summed E-state index contributed by atoms with van der Waals surface area (Å²) in [5.41, 5.74) is 5.06. The number of aromatic amines is 1. The zero-order chi connectivity index (χ0) is 36.6. The molecule has 1 aromatic heterocycles. The third kappa shape index (κ3) is 7.26. The number of aromatic nitrogens is 1. The molecule has 1 saturated heterocycles. The lowest BCUT2D eigenvalue weighted by atomic mass is 9.45. The summed E-state index contributed by atoms with van der Waals surface area (Å²) in [5.74, 6) is 1.05. The summed E-state index contributed by atoms with van der Waals surface area (Å²) in [5, 5.41) is 29.2. The van der Waals surface area contributed by atoms with Crippen LogP contribution in [0.15, 0.2) is 54.7 Å². The highest BCUT2D eigenvalue weighted by molar-refractivity contribution is 5.97. The van der Waals surface area contributed by atoms with Crippen LogP contribution in [-0.2, 0) is 22.6 Å². The van der Waals surface area contributed by atoms with Crippen LogP contribution in [-0.4, -0.2) is 90.7 Å². The molecule has 3 saturated carbocycles. The minimum Gasteiger partial charge on any atom is -0.496 e. The standard InChI is InChI=1S/C40H55N5O6/c1-23-32-19-28(40(32,3)4)20-33(23)43-39(49)36-35(24(2)47)34(22-46)51-45(36)21-25-10-8-12-31(37(25)50-7)26-16-27(18-30(17-26)44(5)6)38(48)42-15-13-29-11-9-14-41-29/h8-12,14,16-18,23-24,28,32-36,41,46-47H,13,15,19-22H2,1-7H3,(H,42,48)(H,43,49)/t23-,24-,28+,32-,33?,34-,35+,36-/m0/s1. The van der Waals surface area contributed by atoms with Crippen LogP contribution in [0.2, 0.25) is 0 Å². The Hall–Kier alpha value is -3.90. The second-order valence-electron chi connectivity index (χ2n) is 15.6. The predicted molar refractivity (Wildman–Crippen MR) is 197 cm³/mol. The maximum absolute atomic E-state index is 14.2. The van der Waals surface area contributed by atoms with E-state index in [2.05, 4.69) is 36.4 Å². The molecule has 11 nitrogen and oxygen atoms in total. The third-order valence-electron chi connectivity index (χ3n) is 12.0. The van der Waals surface area contributed by atoms with Gasteiger partial charge in [0.1, 0.15) is 17.9 Å². The fourth-order valence-electron chi connectivity index (χ4n) is 8.92. The first kappa shape index (κ1) is 36.9. The van der Waals surface area contributed by atoms with Gasteiger partial charge in [-0.25, -0.2) is 0 Å². The van der Waals surface area contributed by atoms with Crippen LogP contribution in [0.5, 0.6) is 5.75 Å². The molecule has 2 amide bonds. The number of rotatable bonds is 13. The Kier molecular flexibility index (Phi) is 10.8. The van der Waals surface area contributed by atoms with Gasteiger partial charge in [0.05, 0.1) is 26.4 Å². The monoisotopic (exact) mass is 701 g/mol. The highest BCUT2D eigenvalue weighted by Crippen LogP contribution is 2.61. The molecule has 4 fully saturated rings. The number of H-pyrrole nitrogens is 1. The zero-order valence-corrected chi connectivity index (χ0v) is 31.0. The van der Waals surface area contributed by atoms with E-state index in [1.807, 2.05) is 73.7 Å². The van der Waals surface area contributed by atoms with Crippen LogP contribution in [0.1, 0.15) is 62.2 Å². The number of benzene rings is 2. The smallest absolute Gasteiger partial charge is 0.251 e. The number of carbonyl (C=O) groups excluding carboxylic acids is 2. The maximum Gasteiger partial charge on any atom is 0.251 e. The summed E-state index contributed by atoms with van der Waals surface area (Å²) < 4.78 is 6.04. The molecule has 0 spiro atoms. The number of nitrogens with zero attached hydrogens (tertiary/aromatic N) is 2. The van der Waals surface area contributed by atoms with E-state index in [1.165, 1.54) is 6.42 Å². The third-order valence-corrected chi connectivity index (χ3v) is 12.0. The molecule has 1 unspecified atom stereocenters. The Morgan fingerprint density at radius 2 is 1.94 bits per heavy atom. The molecule has 3 aliphatic carbocycles. The first-order valence-corrected chi connectivity index (χ1v) is 18.3. The average molecular weight is 702 g/mol. The Bertz CT molecular complexity index is 1690. The number of fused-ring (bicyclic) bond motifs is 2. The number of aliphatic hydroxyl groups excluding tert-OH is 2. The molecule has 2 heterocycles. The number of ether oxygens (including phenoxy) is 1. The van der Waals surface area contributed by atoms with Crippen molar-refractivity contribution in [2.24, 2.45) is 29.1 Å². The fraction of sp³-hybridized carbons (Fsp3) is 0.550. The van der Waals surface area contributed by atoms with Gasteiger partial charge in [0.15, 0.2) is 0 Å². The van der Waals surface area contributed by atoms with Gasteiger partial charge in [-0.3, -0.25) is 14.4 Å². The van der Waals surface area contributed by atoms with E-state index in [-0.39, 0.29) is 36.4 Å². The van der Waals surface area contributed by atoms with E-state index in [0.717, 1.165) is 34.5 Å². The second-order valence-corrected chi connectivity index (χ2v) is 15.6. The molecule has 276 valence electrons. The Morgan fingerprint density at radius 1 is 1.16 bits per heavy atom. The lowest BCUT2D eigenvalue weighted by Crippen LogP contribution is -2.62. The molecular weight excluding hydrogens is 646 g/mol. The van der Waals surface area contributed by atoms with Gasteiger partial charge in [-0.1, -0.05) is 39.0 Å². The van der Waals surface area contributed by atoms with Crippen LogP contribution in [0.25, 0.3) is 11.1 Å². The number of para-hydroxylation sites is 1. The summed E-state index contributed by atoms with van der Waals surface area (Å²) in [6.07, 6.45) is 3.05. The largest absolute Gasteiger partial charge is 0.496 e. The van der Waals surface area contributed by atoms with Gasteiger partial charge in [-0.15, -0.1) is 0 Å². The van der Waals surface area contributed by atoms with Crippen LogP contribution in [0.4, 0.5) is 5.69 Å². The second kappa shape index (κ2) is 15.0. The van der Waals surface area contributed by atoms with Crippen molar-refractivity contribution in [2.75, 3.05) is 39.3 Å². The number of nitrogens with one attached hydrogen (secondary N) is 3. The molecule has 2 aromatic carbocycles. The van der Waals surface area contributed by atoms with Crippen molar-refractivity contribution in [3.05, 3.63) is 71.5 Å². The van der Waals surface area contributed by atoms with Gasteiger partial charge >= 0.3 is 0 Å². The van der Waals surface area contributed by atoms with E-state index in [1.54, 1.807) is 19.1 Å². The van der Waals surface area contributed by atoms with Crippen LogP contribution < -0.4 is 20.3 Å². The van der Waals surface area contributed by atoms with Gasteiger partial charge in [-0.05, 0) is 78.8 Å². The molecule has 0 radical (unpaired) electrons. The number of amides is 2. The van der Waals surface area contributed by atoms with Crippen LogP contribution in [0, 0.1) is 29.1 Å². The summed E-state index contributed by atoms with van der Waals surface area (Å²) in [6, 6.07) is 14.7. The minimum absolute atomic E-state index is 0.0423. The summed E-state index contributed by atoms with van der Waals surface area (Å²) >= 11 is 0. The first-order valence-electron chi connectivity index (χ1n) is 18.3. The first-order chi connectivity index (χ1) is 24.3. The highest BCUT2D eigenvalue weighted by atomic mass is 16.7. The van der Waals surface area contributed by atoms with Crippen molar-refractivity contribution in [3.63, 3.8) is 0 Å². The van der Waals surface area contributed by atoms with Crippen molar-refractivity contribution >= 4 is 17.5 Å². The van der Waals surface area contributed by atoms with Gasteiger partial charge in [-0.2, -0.15) is 5.06 Å². The number of hydrogen-bond acceptors (Lipinski definition) is 8. The fourth-order valence-corrected chi connectivity index (χ4v) is 8.92. The van der Waals surface area contributed by atoms with E-state index in [4.69, 9.17) is 9.57 Å². The number of hydroxylamine groups is 2. The van der Waals surface area contributed by atoms with E-state index in [9.17, 15) is 19.8 Å². The van der Waals surface area contributed by atoms with Gasteiger partial charge in [0, 0.05) is 73.3 Å². The molecule has 4 aliphatic rings. The van der Waals surface area contributed by atoms with Gasteiger partial charge in [0.2, 0.25) is 5.91 Å². The molecule has 7 rings (SSSR count). The maximum atomic E-state index is 14.2. The molecular formula is C40H55N5O6. The van der Waals surface area contributed by atoms with Gasteiger partial charge < -0.3 is 35.5 Å². The molecule has 3 aromatic rings. The quantitative estimate of drug-likeness (QED) is 0.177. The molecule has 2 bridgehead atoms. The van der Waals surface area contributed by atoms with E-state index >= 15 is 0 Å². The summed E-state index contributed by atoms with van der Waals surface area (Å²) in [4.78, 5) is 39.0. The van der Waals surface area contributed by atoms with Crippen molar-refractivity contribution in [1.29, 1.82) is 0 Å². The average Bonchev–Trinajstić information content (AvgIpc) is 3.76.